The summed E-state index contributed by atoms with van der Waals surface area (Å²) in [4.78, 5) is 7.11. The Kier molecular flexibility index (Phi) is 3.80. The Morgan fingerprint density at radius 3 is 2.72 bits per heavy atom. The summed E-state index contributed by atoms with van der Waals surface area (Å²) in [6, 6.07) is 0. The van der Waals surface area contributed by atoms with Crippen molar-refractivity contribution in [2.75, 3.05) is 31.5 Å². The minimum atomic E-state index is 0.671. The lowest BCUT2D eigenvalue weighted by atomic mass is 9.97. The molecule has 2 heterocycles. The largest absolute Gasteiger partial charge is 0.360 e. The van der Waals surface area contributed by atoms with Gasteiger partial charge in [-0.3, -0.25) is 0 Å². The third-order valence-electron chi connectivity index (χ3n) is 4.08. The molecule has 1 aromatic heterocycles. The van der Waals surface area contributed by atoms with Crippen molar-refractivity contribution in [2.24, 2.45) is 5.92 Å². The molecule has 0 bridgehead atoms. The number of likely N-dealkylation sites (tertiary alicyclic amines) is 1. The zero-order valence-corrected chi connectivity index (χ0v) is 11.9. The lowest BCUT2D eigenvalue weighted by Crippen LogP contribution is -2.35. The number of hydrogen-bond donors (Lipinski definition) is 1. The highest BCUT2D eigenvalue weighted by Gasteiger charge is 2.28. The average molecular weight is 266 g/mol. The predicted octanol–water partition coefficient (Wildman–Crippen LogP) is 2.56. The van der Waals surface area contributed by atoms with E-state index < -0.39 is 0 Å². The predicted molar refractivity (Wildman–Crippen MR) is 75.2 cm³/mol. The summed E-state index contributed by atoms with van der Waals surface area (Å²) in [5, 5.41) is 4.50. The Balaban J connectivity index is 1.43. The summed E-state index contributed by atoms with van der Waals surface area (Å²) in [5.41, 5.74) is 0. The summed E-state index contributed by atoms with van der Waals surface area (Å²) < 4.78 is 4.43. The van der Waals surface area contributed by atoms with Gasteiger partial charge in [0, 0.05) is 24.0 Å². The van der Waals surface area contributed by atoms with E-state index in [2.05, 4.69) is 26.5 Å². The van der Waals surface area contributed by atoms with Crippen molar-refractivity contribution in [3.8, 4) is 0 Å². The molecule has 1 aliphatic heterocycles. The fraction of sp³-hybridized carbons (Fsp3) is 0.846. The fourth-order valence-corrected chi connectivity index (χ4v) is 3.20. The van der Waals surface area contributed by atoms with Crippen molar-refractivity contribution in [1.29, 1.82) is 0 Å². The average Bonchev–Trinajstić information content (AvgIpc) is 3.16. The van der Waals surface area contributed by atoms with Gasteiger partial charge in [-0.05, 0) is 51.2 Å². The van der Waals surface area contributed by atoms with Crippen LogP contribution >= 0.6 is 11.5 Å². The molecule has 100 valence electrons. The lowest BCUT2D eigenvalue weighted by molar-refractivity contribution is 0.198. The van der Waals surface area contributed by atoms with Crippen LogP contribution in [0.3, 0.4) is 0 Å². The summed E-state index contributed by atoms with van der Waals surface area (Å²) in [7, 11) is 0. The smallest absolute Gasteiger partial charge is 0.202 e. The minimum absolute atomic E-state index is 0.671. The molecule has 1 aromatic rings. The van der Waals surface area contributed by atoms with Gasteiger partial charge in [0.1, 0.15) is 5.82 Å². The summed E-state index contributed by atoms with van der Waals surface area (Å²) in [6.45, 7) is 7.02. The number of anilines is 1. The van der Waals surface area contributed by atoms with Crippen LogP contribution < -0.4 is 5.32 Å². The fourth-order valence-electron chi connectivity index (χ4n) is 2.55. The van der Waals surface area contributed by atoms with E-state index in [4.69, 9.17) is 0 Å². The molecule has 0 radical (unpaired) electrons. The van der Waals surface area contributed by atoms with Gasteiger partial charge in [0.2, 0.25) is 5.13 Å². The number of piperidine rings is 1. The Bertz CT molecular complexity index is 380. The number of nitrogens with zero attached hydrogens (tertiary/aromatic N) is 3. The molecule has 0 atom stereocenters. The quantitative estimate of drug-likeness (QED) is 0.889. The van der Waals surface area contributed by atoms with Gasteiger partial charge in [-0.15, -0.1) is 0 Å². The second-order valence-corrected chi connectivity index (χ2v) is 6.24. The van der Waals surface area contributed by atoms with Crippen molar-refractivity contribution in [2.45, 2.75) is 38.5 Å². The van der Waals surface area contributed by atoms with Crippen molar-refractivity contribution in [3.05, 3.63) is 5.82 Å². The molecular formula is C13H22N4S. The molecule has 5 heteroatoms. The van der Waals surface area contributed by atoms with Crippen molar-refractivity contribution in [1.82, 2.24) is 14.3 Å². The first-order valence-electron chi connectivity index (χ1n) is 7.15. The maximum absolute atomic E-state index is 4.57. The number of aromatic nitrogens is 2. The maximum Gasteiger partial charge on any atom is 0.202 e. The van der Waals surface area contributed by atoms with Crippen LogP contribution in [-0.2, 0) is 0 Å². The van der Waals surface area contributed by atoms with Crippen LogP contribution in [0.1, 0.15) is 44.3 Å². The van der Waals surface area contributed by atoms with E-state index in [1.165, 1.54) is 56.9 Å². The van der Waals surface area contributed by atoms with E-state index in [1.54, 1.807) is 0 Å². The molecule has 1 saturated heterocycles. The third-order valence-corrected chi connectivity index (χ3v) is 4.77. The normalized spacial score (nSPS) is 22.3. The number of rotatable bonds is 5. The zero-order chi connectivity index (χ0) is 12.4. The second kappa shape index (κ2) is 5.53. The van der Waals surface area contributed by atoms with E-state index in [0.29, 0.717) is 5.92 Å². The molecule has 0 amide bonds. The number of nitrogens with one attached hydrogen (secondary N) is 1. The van der Waals surface area contributed by atoms with Crippen LogP contribution in [0.15, 0.2) is 0 Å². The SMILES string of the molecule is CCN1CCC(CNc2nc(C3CC3)ns2)CC1. The van der Waals surface area contributed by atoms with Crippen molar-refractivity contribution in [3.63, 3.8) is 0 Å². The standard InChI is InChI=1S/C13H22N4S/c1-2-17-7-5-10(6-8-17)9-14-13-15-12(16-18-13)11-3-4-11/h10-11H,2-9H2,1H3,(H,14,15,16). The van der Waals surface area contributed by atoms with Gasteiger partial charge < -0.3 is 10.2 Å². The Morgan fingerprint density at radius 1 is 1.28 bits per heavy atom. The van der Waals surface area contributed by atoms with Gasteiger partial charge in [-0.1, -0.05) is 6.92 Å². The van der Waals surface area contributed by atoms with Gasteiger partial charge >= 0.3 is 0 Å². The summed E-state index contributed by atoms with van der Waals surface area (Å²) in [6.07, 6.45) is 5.20. The van der Waals surface area contributed by atoms with E-state index in [-0.39, 0.29) is 0 Å². The molecule has 0 spiro atoms. The van der Waals surface area contributed by atoms with E-state index in [1.807, 2.05) is 0 Å². The lowest BCUT2D eigenvalue weighted by Gasteiger charge is -2.30. The first-order chi connectivity index (χ1) is 8.85. The van der Waals surface area contributed by atoms with Gasteiger partial charge in [0.25, 0.3) is 0 Å². The Hall–Kier alpha value is -0.680. The highest BCUT2D eigenvalue weighted by atomic mass is 32.1. The van der Waals surface area contributed by atoms with Crippen LogP contribution in [0.4, 0.5) is 5.13 Å². The Labute approximate surface area is 113 Å². The topological polar surface area (TPSA) is 41.0 Å². The Morgan fingerprint density at radius 2 is 2.06 bits per heavy atom. The minimum Gasteiger partial charge on any atom is -0.360 e. The highest BCUT2D eigenvalue weighted by molar-refractivity contribution is 7.09. The van der Waals surface area contributed by atoms with Crippen molar-refractivity contribution >= 4 is 16.7 Å². The molecule has 2 aliphatic rings. The second-order valence-electron chi connectivity index (χ2n) is 5.49. The zero-order valence-electron chi connectivity index (χ0n) is 11.1. The molecule has 1 N–H and O–H groups in total. The summed E-state index contributed by atoms with van der Waals surface area (Å²) in [5.74, 6) is 2.55. The molecule has 0 aromatic carbocycles. The molecule has 1 saturated carbocycles. The molecule has 0 unspecified atom stereocenters. The van der Waals surface area contributed by atoms with Gasteiger partial charge in [0.05, 0.1) is 0 Å². The van der Waals surface area contributed by atoms with Crippen molar-refractivity contribution < 1.29 is 0 Å². The summed E-state index contributed by atoms with van der Waals surface area (Å²) >= 11 is 1.53. The first kappa shape index (κ1) is 12.4. The van der Waals surface area contributed by atoms with Crippen LogP contribution in [-0.4, -0.2) is 40.4 Å². The van der Waals surface area contributed by atoms with Crippen LogP contribution in [0.2, 0.25) is 0 Å². The third kappa shape index (κ3) is 3.01. The number of hydrogen-bond acceptors (Lipinski definition) is 5. The van der Waals surface area contributed by atoms with Gasteiger partial charge in [0.15, 0.2) is 0 Å². The maximum atomic E-state index is 4.57. The van der Waals surface area contributed by atoms with Crippen LogP contribution in [0.5, 0.6) is 0 Å². The van der Waals surface area contributed by atoms with E-state index >= 15 is 0 Å². The van der Waals surface area contributed by atoms with E-state index in [0.717, 1.165) is 23.4 Å². The van der Waals surface area contributed by atoms with E-state index in [9.17, 15) is 0 Å². The molecule has 1 aliphatic carbocycles. The van der Waals surface area contributed by atoms with Gasteiger partial charge in [-0.2, -0.15) is 4.37 Å². The first-order valence-corrected chi connectivity index (χ1v) is 7.92. The van der Waals surface area contributed by atoms with Crippen LogP contribution in [0.25, 0.3) is 0 Å². The molecule has 2 fully saturated rings. The molecular weight excluding hydrogens is 244 g/mol. The molecule has 18 heavy (non-hydrogen) atoms. The van der Waals surface area contributed by atoms with Gasteiger partial charge in [-0.25, -0.2) is 4.98 Å². The molecule has 3 rings (SSSR count). The monoisotopic (exact) mass is 266 g/mol. The van der Waals surface area contributed by atoms with Crippen LogP contribution in [0, 0.1) is 5.92 Å². The highest BCUT2D eigenvalue weighted by Crippen LogP contribution is 2.39. The molecule has 4 nitrogen and oxygen atoms in total.